The van der Waals surface area contributed by atoms with Gasteiger partial charge in [-0.15, -0.1) is 6.58 Å². The molecule has 1 atom stereocenters. The molecule has 0 aromatic carbocycles. The predicted molar refractivity (Wildman–Crippen MR) is 39.2 cm³/mol. The summed E-state index contributed by atoms with van der Waals surface area (Å²) in [7, 11) is 0. The van der Waals surface area contributed by atoms with E-state index in [1.54, 1.807) is 0 Å². The highest BCUT2D eigenvalue weighted by molar-refractivity contribution is 9.09. The van der Waals surface area contributed by atoms with Crippen LogP contribution in [-0.2, 0) is 0 Å². The van der Waals surface area contributed by atoms with Gasteiger partial charge < -0.3 is 5.11 Å². The number of alkyl halides is 1. The normalized spacial score (nSPS) is 13.2. The van der Waals surface area contributed by atoms with Gasteiger partial charge >= 0.3 is 0 Å². The van der Waals surface area contributed by atoms with Gasteiger partial charge in [0.05, 0.1) is 0 Å². The predicted octanol–water partition coefficient (Wildman–Crippen LogP) is 1.71. The quantitative estimate of drug-likeness (QED) is 0.514. The van der Waals surface area contributed by atoms with Crippen LogP contribution in [0.3, 0.4) is 0 Å². The Labute approximate surface area is 58.5 Å². The number of halogens is 1. The van der Waals surface area contributed by atoms with Crippen molar-refractivity contribution in [2.75, 3.05) is 6.61 Å². The van der Waals surface area contributed by atoms with Crippen LogP contribution in [0.4, 0.5) is 0 Å². The zero-order chi connectivity index (χ0) is 6.41. The highest BCUT2D eigenvalue weighted by Crippen LogP contribution is 2.07. The maximum absolute atomic E-state index is 8.36. The van der Waals surface area contributed by atoms with Gasteiger partial charge in [0.25, 0.3) is 0 Å². The first-order valence-electron chi connectivity index (χ1n) is 2.68. The number of rotatable bonds is 4. The molecule has 0 bridgehead atoms. The highest BCUT2D eigenvalue weighted by atomic mass is 79.9. The van der Waals surface area contributed by atoms with Crippen LogP contribution in [0, 0.1) is 0 Å². The van der Waals surface area contributed by atoms with Crippen LogP contribution in [0.25, 0.3) is 0 Å². The van der Waals surface area contributed by atoms with E-state index in [9.17, 15) is 0 Å². The molecule has 0 heterocycles. The molecule has 2 heteroatoms. The molecule has 0 saturated heterocycles. The minimum absolute atomic E-state index is 0.274. The lowest BCUT2D eigenvalue weighted by atomic mass is 10.2. The van der Waals surface area contributed by atoms with Crippen molar-refractivity contribution in [3.8, 4) is 0 Å². The first-order valence-corrected chi connectivity index (χ1v) is 3.60. The molecule has 0 radical (unpaired) electrons. The van der Waals surface area contributed by atoms with Crippen LogP contribution < -0.4 is 0 Å². The lowest BCUT2D eigenvalue weighted by Gasteiger charge is -1.98. The van der Waals surface area contributed by atoms with Crippen LogP contribution in [0.2, 0.25) is 0 Å². The van der Waals surface area contributed by atoms with E-state index in [2.05, 4.69) is 22.5 Å². The van der Waals surface area contributed by atoms with Gasteiger partial charge in [-0.1, -0.05) is 22.0 Å². The fourth-order valence-corrected chi connectivity index (χ4v) is 0.728. The van der Waals surface area contributed by atoms with Crippen LogP contribution in [0.5, 0.6) is 0 Å². The molecule has 0 amide bonds. The van der Waals surface area contributed by atoms with Crippen molar-refractivity contribution in [2.45, 2.75) is 17.7 Å². The Morgan fingerprint density at radius 2 is 2.38 bits per heavy atom. The average Bonchev–Trinajstić information content (AvgIpc) is 1.83. The largest absolute Gasteiger partial charge is 0.396 e. The molecule has 1 N–H and O–H groups in total. The van der Waals surface area contributed by atoms with Gasteiger partial charge in [-0.25, -0.2) is 0 Å². The third kappa shape index (κ3) is 4.34. The van der Waals surface area contributed by atoms with Crippen LogP contribution in [-0.4, -0.2) is 16.5 Å². The van der Waals surface area contributed by atoms with E-state index in [0.717, 1.165) is 12.8 Å². The molecule has 0 saturated carbocycles. The summed E-state index contributed by atoms with van der Waals surface area (Å²) in [6.45, 7) is 3.86. The van der Waals surface area contributed by atoms with Gasteiger partial charge in [-0.05, 0) is 12.8 Å². The standard InChI is InChI=1S/C6H11BrO/c1-2-6(7)4-3-5-8/h2,6,8H,1,3-5H2. The maximum atomic E-state index is 8.36. The Hall–Kier alpha value is 0.180. The lowest BCUT2D eigenvalue weighted by Crippen LogP contribution is -1.93. The molecule has 0 fully saturated rings. The molecule has 0 spiro atoms. The van der Waals surface area contributed by atoms with E-state index in [1.807, 2.05) is 6.08 Å². The summed E-state index contributed by atoms with van der Waals surface area (Å²) in [6, 6.07) is 0. The van der Waals surface area contributed by atoms with E-state index in [1.165, 1.54) is 0 Å². The van der Waals surface area contributed by atoms with Crippen molar-refractivity contribution in [3.63, 3.8) is 0 Å². The zero-order valence-corrected chi connectivity index (χ0v) is 6.39. The molecular weight excluding hydrogens is 168 g/mol. The van der Waals surface area contributed by atoms with E-state index in [-0.39, 0.29) is 6.61 Å². The fraction of sp³-hybridized carbons (Fsp3) is 0.667. The Balaban J connectivity index is 2.98. The molecular formula is C6H11BrO. The zero-order valence-electron chi connectivity index (χ0n) is 4.81. The van der Waals surface area contributed by atoms with Crippen LogP contribution in [0.1, 0.15) is 12.8 Å². The second kappa shape index (κ2) is 5.32. The Bertz CT molecular complexity index is 63.5. The molecule has 0 rings (SSSR count). The molecule has 0 aliphatic heterocycles. The van der Waals surface area contributed by atoms with E-state index in [4.69, 9.17) is 5.11 Å². The van der Waals surface area contributed by atoms with Gasteiger partial charge in [-0.2, -0.15) is 0 Å². The molecule has 0 aliphatic rings. The molecule has 1 unspecified atom stereocenters. The third-order valence-electron chi connectivity index (χ3n) is 0.894. The van der Waals surface area contributed by atoms with Crippen molar-refractivity contribution in [1.82, 2.24) is 0 Å². The summed E-state index contributed by atoms with van der Waals surface area (Å²) >= 11 is 3.35. The summed E-state index contributed by atoms with van der Waals surface area (Å²) in [5.41, 5.74) is 0. The first-order chi connectivity index (χ1) is 3.81. The van der Waals surface area contributed by atoms with E-state index >= 15 is 0 Å². The minimum atomic E-state index is 0.274. The molecule has 0 aliphatic carbocycles. The van der Waals surface area contributed by atoms with Crippen molar-refractivity contribution in [2.24, 2.45) is 0 Å². The monoisotopic (exact) mass is 178 g/mol. The SMILES string of the molecule is C=CC(Br)CCCO. The van der Waals surface area contributed by atoms with Gasteiger partial charge in [0.1, 0.15) is 0 Å². The first kappa shape index (κ1) is 8.18. The molecule has 0 aromatic rings. The van der Waals surface area contributed by atoms with Crippen molar-refractivity contribution in [3.05, 3.63) is 12.7 Å². The van der Waals surface area contributed by atoms with Gasteiger partial charge in [0, 0.05) is 11.4 Å². The van der Waals surface area contributed by atoms with Crippen molar-refractivity contribution < 1.29 is 5.11 Å². The van der Waals surface area contributed by atoms with Gasteiger partial charge in [0.2, 0.25) is 0 Å². The van der Waals surface area contributed by atoms with Gasteiger partial charge in [0.15, 0.2) is 0 Å². The Kier molecular flexibility index (Phi) is 5.44. The Morgan fingerprint density at radius 1 is 1.75 bits per heavy atom. The number of hydrogen-bond acceptors (Lipinski definition) is 1. The van der Waals surface area contributed by atoms with Crippen LogP contribution in [0.15, 0.2) is 12.7 Å². The molecule has 0 aromatic heterocycles. The summed E-state index contributed by atoms with van der Waals surface area (Å²) in [5.74, 6) is 0. The topological polar surface area (TPSA) is 20.2 Å². The minimum Gasteiger partial charge on any atom is -0.396 e. The number of aliphatic hydroxyl groups excluding tert-OH is 1. The highest BCUT2D eigenvalue weighted by Gasteiger charge is 1.94. The van der Waals surface area contributed by atoms with Crippen molar-refractivity contribution in [1.29, 1.82) is 0 Å². The summed E-state index contributed by atoms with van der Waals surface area (Å²) < 4.78 is 0. The van der Waals surface area contributed by atoms with Gasteiger partial charge in [-0.3, -0.25) is 0 Å². The summed E-state index contributed by atoms with van der Waals surface area (Å²) in [4.78, 5) is 0.370. The van der Waals surface area contributed by atoms with Crippen LogP contribution >= 0.6 is 15.9 Å². The third-order valence-corrected chi connectivity index (χ3v) is 1.73. The number of hydrogen-bond donors (Lipinski definition) is 1. The van der Waals surface area contributed by atoms with Crippen molar-refractivity contribution >= 4 is 15.9 Å². The number of allylic oxidation sites excluding steroid dienone is 1. The lowest BCUT2D eigenvalue weighted by molar-refractivity contribution is 0.286. The Morgan fingerprint density at radius 3 is 2.75 bits per heavy atom. The smallest absolute Gasteiger partial charge is 0.0431 e. The average molecular weight is 179 g/mol. The second-order valence-electron chi connectivity index (χ2n) is 1.62. The molecule has 48 valence electrons. The molecule has 8 heavy (non-hydrogen) atoms. The van der Waals surface area contributed by atoms with E-state index < -0.39 is 0 Å². The number of aliphatic hydroxyl groups is 1. The van der Waals surface area contributed by atoms with E-state index in [0.29, 0.717) is 4.83 Å². The summed E-state index contributed by atoms with van der Waals surface area (Å²) in [5, 5.41) is 8.36. The second-order valence-corrected chi connectivity index (χ2v) is 2.79. The molecule has 1 nitrogen and oxygen atoms in total. The summed E-state index contributed by atoms with van der Waals surface area (Å²) in [6.07, 6.45) is 3.65. The maximum Gasteiger partial charge on any atom is 0.0431 e. The fourth-order valence-electron chi connectivity index (χ4n) is 0.404.